The van der Waals surface area contributed by atoms with Gasteiger partial charge in [0, 0.05) is 11.3 Å². The third kappa shape index (κ3) is 6.83. The van der Waals surface area contributed by atoms with E-state index in [2.05, 4.69) is 116 Å². The average Bonchev–Trinajstić information content (AvgIpc) is 3.91. The van der Waals surface area contributed by atoms with Gasteiger partial charge in [0.05, 0.1) is 0 Å². The molecule has 0 saturated heterocycles. The zero-order valence-electron chi connectivity index (χ0n) is 44.6. The number of fused-ring (bicyclic) bond motifs is 9. The Hall–Kier alpha value is -7.47. The summed E-state index contributed by atoms with van der Waals surface area (Å²) in [4.78, 5) is 9.56. The maximum absolute atomic E-state index is 9.19. The van der Waals surface area contributed by atoms with Gasteiger partial charge in [0.15, 0.2) is 0 Å². The second-order valence-corrected chi connectivity index (χ2v) is 18.6. The first-order valence-corrected chi connectivity index (χ1v) is 23.1. The second-order valence-electron chi connectivity index (χ2n) is 17.6. The minimum atomic E-state index is -2.60. The first kappa shape index (κ1) is 33.1. The molecule has 6 nitrogen and oxygen atoms in total. The van der Waals surface area contributed by atoms with Crippen LogP contribution in [0, 0.1) is 22.8 Å². The van der Waals surface area contributed by atoms with Crippen LogP contribution in [0.3, 0.4) is 0 Å². The van der Waals surface area contributed by atoms with E-state index in [1.165, 1.54) is 6.07 Å². The maximum atomic E-state index is 9.19. The van der Waals surface area contributed by atoms with Gasteiger partial charge in [-0.2, -0.15) is 12.1 Å². The van der Waals surface area contributed by atoms with E-state index in [-0.39, 0.29) is 47.2 Å². The first-order valence-electron chi connectivity index (χ1n) is 26.0. The molecule has 8 aromatic carbocycles. The van der Waals surface area contributed by atoms with Gasteiger partial charge in [-0.25, -0.2) is 0 Å². The van der Waals surface area contributed by atoms with Gasteiger partial charge in [0.1, 0.15) is 0 Å². The van der Waals surface area contributed by atoms with Crippen molar-refractivity contribution in [2.24, 2.45) is 0 Å². The molecule has 0 atom stereocenters. The Bertz CT molecular complexity index is 4030. The summed E-state index contributed by atoms with van der Waals surface area (Å²) < 4.78 is 81.6. The molecule has 67 heavy (non-hydrogen) atoms. The quantitative estimate of drug-likeness (QED) is 0.118. The van der Waals surface area contributed by atoms with Crippen LogP contribution in [-0.4, -0.2) is 21.1 Å². The van der Waals surface area contributed by atoms with Gasteiger partial charge in [-0.3, -0.25) is 0 Å². The molecular weight excluding hydrogens is 1000 g/mol. The molecule has 2 aliphatic rings. The van der Waals surface area contributed by atoms with E-state index in [0.717, 1.165) is 61.4 Å². The molecule has 0 radical (unpaired) electrons. The van der Waals surface area contributed by atoms with E-state index in [9.17, 15) is 2.74 Å². The number of hydrogen-bond donors (Lipinski definition) is 0. The van der Waals surface area contributed by atoms with E-state index in [0.29, 0.717) is 26.6 Å². The van der Waals surface area contributed by atoms with Crippen LogP contribution in [0.2, 0.25) is 0 Å². The van der Waals surface area contributed by atoms with Crippen LogP contribution in [0.1, 0.15) is 42.9 Å². The molecule has 0 bridgehead atoms. The third-order valence-corrected chi connectivity index (χ3v) is 13.6. The Kier molecular flexibility index (Phi) is 7.97. The van der Waals surface area contributed by atoms with E-state index >= 15 is 0 Å². The van der Waals surface area contributed by atoms with Crippen molar-refractivity contribution in [3.8, 4) is 56.4 Å². The van der Waals surface area contributed by atoms with Gasteiger partial charge < -0.3 is 0 Å². The summed E-state index contributed by atoms with van der Waals surface area (Å²) in [7, 11) is 0. The molecule has 12 rings (SSSR count). The van der Waals surface area contributed by atoms with Crippen LogP contribution in [0.15, 0.2) is 194 Å². The van der Waals surface area contributed by atoms with Crippen molar-refractivity contribution in [3.63, 3.8) is 0 Å². The predicted octanol–water partition coefficient (Wildman–Crippen LogP) is 13.9. The van der Waals surface area contributed by atoms with Crippen LogP contribution >= 0.6 is 0 Å². The van der Waals surface area contributed by atoms with Crippen molar-refractivity contribution in [2.75, 3.05) is 9.62 Å². The summed E-state index contributed by atoms with van der Waals surface area (Å²) in [6.45, 7) is 3.52. The van der Waals surface area contributed by atoms with Crippen molar-refractivity contribution in [2.45, 2.75) is 33.0 Å². The number of nitrogens with zero attached hydrogens (tertiary/aromatic N) is 5. The van der Waals surface area contributed by atoms with Crippen molar-refractivity contribution >= 4 is 46.4 Å². The molecule has 0 amide bonds. The number of ether oxygens (including phenoxy) is 1. The number of aromatic nitrogens is 3. The summed E-state index contributed by atoms with van der Waals surface area (Å²) in [5, 5.41) is 0. The predicted molar refractivity (Wildman–Crippen MR) is 270 cm³/mol. The Morgan fingerprint density at radius 2 is 1.36 bits per heavy atom. The molecule has 326 valence electrons. The van der Waals surface area contributed by atoms with Gasteiger partial charge in [0.25, 0.3) is 0 Å². The summed E-state index contributed by atoms with van der Waals surface area (Å²) in [6, 6.07) is 57.9. The molecule has 0 N–H and O–H groups in total. The van der Waals surface area contributed by atoms with Crippen LogP contribution in [0.5, 0.6) is 11.6 Å². The second kappa shape index (κ2) is 16.1. The summed E-state index contributed by atoms with van der Waals surface area (Å²) in [5.41, 5.74) is 11.6. The van der Waals surface area contributed by atoms with Crippen LogP contribution in [-0.2, 0) is 24.8 Å². The fourth-order valence-electron chi connectivity index (χ4n) is 9.52. The van der Waals surface area contributed by atoms with Gasteiger partial charge in [-0.15, -0.1) is 6.07 Å². The SMILES string of the molecule is [2H]c1c([2H])c([2H])c(-c2cccc(-c3cccc(C(C)(C)C)c3)c2-n2[c](=[Pt])n(-c3[c-]c(Oc4cccc(N5B6c7ccccc7-c7ccccc7N6c6ccc[c-]c65)n4)c(C([2H])([2H])[2H])cc3)c3ccccc32)c([2H])c1[2H]. The van der Waals surface area contributed by atoms with Gasteiger partial charge in [-0.1, -0.05) is 42.5 Å². The normalized spacial score (nSPS) is 14.7. The summed E-state index contributed by atoms with van der Waals surface area (Å²) >= 11 is 2.24. The topological polar surface area (TPSA) is 38.5 Å². The number of benzene rings is 8. The average molecular weight is 1050 g/mol. The number of aryl methyl sites for hydroxylation is 1. The molecule has 2 aliphatic heterocycles. The Morgan fingerprint density at radius 3 is 2.18 bits per heavy atom. The fourth-order valence-corrected chi connectivity index (χ4v) is 10.6. The van der Waals surface area contributed by atoms with E-state index < -0.39 is 25.0 Å². The van der Waals surface area contributed by atoms with E-state index in [1.807, 2.05) is 94.1 Å². The Labute approximate surface area is 413 Å². The molecule has 0 saturated carbocycles. The van der Waals surface area contributed by atoms with Crippen molar-refractivity contribution in [1.82, 2.24) is 14.1 Å². The van der Waals surface area contributed by atoms with Crippen molar-refractivity contribution in [1.29, 1.82) is 0 Å². The zero-order valence-corrected chi connectivity index (χ0v) is 38.9. The summed E-state index contributed by atoms with van der Waals surface area (Å²) in [6.07, 6.45) is 0. The molecule has 4 heterocycles. The zero-order chi connectivity index (χ0) is 52.2. The standard InChI is InChI=1S/C59H44BN5O.Pt/c1-40-35-36-44(62-39-63(52-30-13-12-29-51(52)62)58-45(41-19-6-5-7-20-41)25-17-26-46(58)42-21-16-22-43(37-42)59(2,3)4)38-55(40)66-57-34-18-33-56(61-57)65-54-32-15-14-31-53(54)64-50-28-11-9-24-48(50)47-23-8-10-27-49(47)60(64)65;/h5-31,33-37H,1-4H3;/q-2;/i1D3,5D,6D,7D,19D,20D;. The molecule has 10 aromatic rings. The number of imidazole rings is 1. The van der Waals surface area contributed by atoms with E-state index in [1.54, 1.807) is 18.2 Å². The van der Waals surface area contributed by atoms with Crippen LogP contribution in [0.4, 0.5) is 22.9 Å². The molecule has 2 aromatic heterocycles. The number of anilines is 4. The fraction of sp³-hybridized carbons (Fsp3) is 0.0847. The first-order chi connectivity index (χ1) is 36.0. The molecule has 0 aliphatic carbocycles. The number of pyridine rings is 1. The summed E-state index contributed by atoms with van der Waals surface area (Å²) in [5.74, 6) is 0.686. The van der Waals surface area contributed by atoms with Gasteiger partial charge >= 0.3 is 332 Å². The van der Waals surface area contributed by atoms with Gasteiger partial charge in [-0.05, 0) is 11.6 Å². The Morgan fingerprint density at radius 1 is 0.657 bits per heavy atom. The van der Waals surface area contributed by atoms with Gasteiger partial charge in [0.2, 0.25) is 0 Å². The van der Waals surface area contributed by atoms with Crippen LogP contribution in [0.25, 0.3) is 55.8 Å². The van der Waals surface area contributed by atoms with Crippen molar-refractivity contribution < 1.29 is 35.1 Å². The molecular formula is C59H44BN5OPt-2. The number of para-hydroxylation sites is 5. The number of hydrogen-bond acceptors (Lipinski definition) is 4. The molecule has 0 fully saturated rings. The number of rotatable bonds is 7. The molecule has 8 heteroatoms. The molecule has 0 spiro atoms. The Balaban J connectivity index is 1.03. The minimum absolute atomic E-state index is 0.0382. The van der Waals surface area contributed by atoms with E-state index in [4.69, 9.17) is 17.9 Å². The van der Waals surface area contributed by atoms with Crippen molar-refractivity contribution in [3.05, 3.63) is 221 Å². The van der Waals surface area contributed by atoms with Crippen LogP contribution < -0.4 is 19.8 Å². The molecule has 0 unspecified atom stereocenters. The third-order valence-electron chi connectivity index (χ3n) is 12.6. The monoisotopic (exact) mass is 1050 g/mol.